The van der Waals surface area contributed by atoms with E-state index in [2.05, 4.69) is 15.3 Å². The van der Waals surface area contributed by atoms with Crippen molar-refractivity contribution < 1.29 is 4.57 Å². The average Bonchev–Trinajstić information content (AvgIpc) is 2.55. The first-order chi connectivity index (χ1) is 11.1. The summed E-state index contributed by atoms with van der Waals surface area (Å²) < 4.78 is 1.91. The molecule has 1 aromatic heterocycles. The van der Waals surface area contributed by atoms with Crippen molar-refractivity contribution in [2.45, 2.75) is 6.17 Å². The molecule has 0 saturated heterocycles. The molecule has 1 aliphatic heterocycles. The summed E-state index contributed by atoms with van der Waals surface area (Å²) in [6, 6.07) is 14.8. The molecule has 4 N–H and O–H groups in total. The lowest BCUT2D eigenvalue weighted by Gasteiger charge is -2.21. The van der Waals surface area contributed by atoms with E-state index in [0.29, 0.717) is 16.4 Å². The molecule has 6 nitrogen and oxygen atoms in total. The van der Waals surface area contributed by atoms with Crippen molar-refractivity contribution in [3.8, 4) is 0 Å². The van der Waals surface area contributed by atoms with Crippen molar-refractivity contribution in [3.63, 3.8) is 0 Å². The van der Waals surface area contributed by atoms with Gasteiger partial charge in [0.1, 0.15) is 5.52 Å². The zero-order valence-electron chi connectivity index (χ0n) is 12.0. The highest BCUT2D eigenvalue weighted by Crippen LogP contribution is 2.22. The van der Waals surface area contributed by atoms with Crippen LogP contribution in [0.15, 0.2) is 58.3 Å². The lowest BCUT2D eigenvalue weighted by molar-refractivity contribution is -0.677. The van der Waals surface area contributed by atoms with Crippen LogP contribution in [0.1, 0.15) is 11.7 Å². The maximum atomic E-state index is 12.2. The number of nitrogens with zero attached hydrogens (tertiary/aromatic N) is 2. The number of rotatable bonds is 1. The molecule has 3 aromatic rings. The van der Waals surface area contributed by atoms with Crippen molar-refractivity contribution in [3.05, 3.63) is 69.5 Å². The first kappa shape index (κ1) is 13.8. The topological polar surface area (TPSA) is 87.2 Å². The second kappa shape index (κ2) is 5.10. The standard InChI is InChI=1S/C16H12ClN5O/c17-10-7-5-9(6-8-10)13-19-15(18)21-16-20-14(23)11-3-1-2-4-12(11)22(13)16/h1-8,13H,(H3,18,19,20,21,23)/p+1/t13-/m0/s1. The van der Waals surface area contributed by atoms with Crippen molar-refractivity contribution >= 4 is 34.4 Å². The second-order valence-electron chi connectivity index (χ2n) is 5.25. The van der Waals surface area contributed by atoms with Crippen molar-refractivity contribution in [1.82, 2.24) is 4.98 Å². The number of benzene rings is 2. The van der Waals surface area contributed by atoms with Gasteiger partial charge in [-0.05, 0) is 24.3 Å². The van der Waals surface area contributed by atoms with E-state index < -0.39 is 0 Å². The summed E-state index contributed by atoms with van der Waals surface area (Å²) in [5, 5.41) is 4.15. The van der Waals surface area contributed by atoms with Crippen LogP contribution in [0.2, 0.25) is 5.02 Å². The Labute approximate surface area is 136 Å². The van der Waals surface area contributed by atoms with E-state index in [4.69, 9.17) is 17.3 Å². The fourth-order valence-electron chi connectivity index (χ4n) is 2.78. The Hall–Kier alpha value is -2.86. The lowest BCUT2D eigenvalue weighted by atomic mass is 10.1. The molecule has 0 radical (unpaired) electrons. The molecule has 7 heteroatoms. The summed E-state index contributed by atoms with van der Waals surface area (Å²) in [5.41, 5.74) is 7.39. The Morgan fingerprint density at radius 1 is 1.13 bits per heavy atom. The van der Waals surface area contributed by atoms with E-state index in [1.165, 1.54) is 0 Å². The van der Waals surface area contributed by atoms with Crippen LogP contribution in [0, 0.1) is 0 Å². The van der Waals surface area contributed by atoms with Crippen LogP contribution in [0.25, 0.3) is 10.9 Å². The zero-order chi connectivity index (χ0) is 16.0. The Balaban J connectivity index is 2.03. The monoisotopic (exact) mass is 326 g/mol. The quantitative estimate of drug-likeness (QED) is 0.595. The molecule has 0 unspecified atom stereocenters. The van der Waals surface area contributed by atoms with Gasteiger partial charge < -0.3 is 5.73 Å². The fourth-order valence-corrected chi connectivity index (χ4v) is 2.90. The summed E-state index contributed by atoms with van der Waals surface area (Å²) in [4.78, 5) is 19.5. The van der Waals surface area contributed by atoms with E-state index in [1.54, 1.807) is 18.2 Å². The molecule has 0 amide bonds. The van der Waals surface area contributed by atoms with E-state index in [-0.39, 0.29) is 17.7 Å². The Kier molecular flexibility index (Phi) is 3.06. The van der Waals surface area contributed by atoms with Gasteiger partial charge in [-0.2, -0.15) is 4.99 Å². The zero-order valence-corrected chi connectivity index (χ0v) is 12.7. The minimum Gasteiger partial charge on any atom is -0.357 e. The van der Waals surface area contributed by atoms with Gasteiger partial charge >= 0.3 is 11.5 Å². The third-order valence-electron chi connectivity index (χ3n) is 3.80. The van der Waals surface area contributed by atoms with E-state index in [1.807, 2.05) is 34.9 Å². The number of guanidine groups is 1. The van der Waals surface area contributed by atoms with Crippen LogP contribution in [0.4, 0.5) is 5.95 Å². The van der Waals surface area contributed by atoms with Crippen molar-refractivity contribution in [2.75, 3.05) is 5.32 Å². The van der Waals surface area contributed by atoms with Crippen LogP contribution in [-0.4, -0.2) is 10.9 Å². The molecule has 2 heterocycles. The van der Waals surface area contributed by atoms with E-state index >= 15 is 0 Å². The smallest absolute Gasteiger partial charge is 0.357 e. The molecule has 2 aromatic carbocycles. The molecule has 1 aliphatic rings. The number of para-hydroxylation sites is 1. The Morgan fingerprint density at radius 2 is 1.87 bits per heavy atom. The van der Waals surface area contributed by atoms with E-state index in [0.717, 1.165) is 11.1 Å². The van der Waals surface area contributed by atoms with Gasteiger partial charge in [-0.15, -0.1) is 0 Å². The number of nitrogens with two attached hydrogens (primary N) is 1. The number of hydrogen-bond donors (Lipinski definition) is 3. The molecular weight excluding hydrogens is 314 g/mol. The SMILES string of the molecule is NC1=N[C@H](c2ccc(Cl)cc2)[n+]2c([nH]c(=O)c3ccccc32)N1. The highest BCUT2D eigenvalue weighted by molar-refractivity contribution is 6.30. The number of halogens is 1. The summed E-state index contributed by atoms with van der Waals surface area (Å²) in [7, 11) is 0. The first-order valence-electron chi connectivity index (χ1n) is 7.06. The van der Waals surface area contributed by atoms with Gasteiger partial charge in [-0.3, -0.25) is 4.79 Å². The minimum absolute atomic E-state index is 0.177. The van der Waals surface area contributed by atoms with Gasteiger partial charge in [-0.25, -0.2) is 14.9 Å². The van der Waals surface area contributed by atoms with Gasteiger partial charge in [0.25, 0.3) is 5.96 Å². The number of anilines is 1. The molecule has 0 saturated carbocycles. The van der Waals surface area contributed by atoms with Crippen LogP contribution < -0.4 is 21.2 Å². The largest absolute Gasteiger partial charge is 0.367 e. The third kappa shape index (κ3) is 2.24. The summed E-state index contributed by atoms with van der Waals surface area (Å²) >= 11 is 5.97. The van der Waals surface area contributed by atoms with Crippen molar-refractivity contribution in [2.24, 2.45) is 10.7 Å². The summed E-state index contributed by atoms with van der Waals surface area (Å²) in [5.74, 6) is 0.747. The number of H-pyrrole nitrogens is 1. The van der Waals surface area contributed by atoms with Gasteiger partial charge in [0.05, 0.1) is 5.39 Å². The van der Waals surface area contributed by atoms with Gasteiger partial charge in [0, 0.05) is 10.6 Å². The number of nitrogens with one attached hydrogen (secondary N) is 2. The summed E-state index contributed by atoms with van der Waals surface area (Å²) in [6.45, 7) is 0. The predicted octanol–water partition coefficient (Wildman–Crippen LogP) is 1.76. The molecule has 4 rings (SSSR count). The minimum atomic E-state index is -0.384. The Morgan fingerprint density at radius 3 is 2.65 bits per heavy atom. The highest BCUT2D eigenvalue weighted by atomic mass is 35.5. The van der Waals surface area contributed by atoms with Gasteiger partial charge in [0.15, 0.2) is 0 Å². The van der Waals surface area contributed by atoms with Gasteiger partial charge in [0.2, 0.25) is 6.17 Å². The molecule has 23 heavy (non-hydrogen) atoms. The molecule has 0 aliphatic carbocycles. The number of hydrogen-bond acceptors (Lipinski definition) is 4. The number of aromatic nitrogens is 2. The second-order valence-corrected chi connectivity index (χ2v) is 5.69. The third-order valence-corrected chi connectivity index (χ3v) is 4.05. The maximum absolute atomic E-state index is 12.2. The lowest BCUT2D eigenvalue weighted by Crippen LogP contribution is -2.51. The maximum Gasteiger partial charge on any atom is 0.367 e. The first-order valence-corrected chi connectivity index (χ1v) is 7.43. The van der Waals surface area contributed by atoms with E-state index in [9.17, 15) is 4.79 Å². The van der Waals surface area contributed by atoms with Crippen LogP contribution in [0.3, 0.4) is 0 Å². The van der Waals surface area contributed by atoms with Crippen LogP contribution in [-0.2, 0) is 0 Å². The molecule has 114 valence electrons. The normalized spacial score (nSPS) is 16.6. The average molecular weight is 327 g/mol. The van der Waals surface area contributed by atoms with Crippen molar-refractivity contribution in [1.29, 1.82) is 0 Å². The number of aromatic amines is 1. The fraction of sp³-hybridized carbons (Fsp3) is 0.0625. The Bertz CT molecular complexity index is 994. The molecule has 0 bridgehead atoms. The molecule has 0 spiro atoms. The van der Waals surface area contributed by atoms with Crippen LogP contribution in [0.5, 0.6) is 0 Å². The van der Waals surface area contributed by atoms with Gasteiger partial charge in [-0.1, -0.05) is 35.9 Å². The predicted molar refractivity (Wildman–Crippen MR) is 89.6 cm³/mol. The molecular formula is C16H13ClN5O+. The van der Waals surface area contributed by atoms with Crippen LogP contribution >= 0.6 is 11.6 Å². The highest BCUT2D eigenvalue weighted by Gasteiger charge is 2.30. The number of fused-ring (bicyclic) bond motifs is 3. The summed E-state index contributed by atoms with van der Waals surface area (Å²) in [6.07, 6.45) is -0.384. The number of aliphatic imine (C=N–C) groups is 1. The molecule has 0 fully saturated rings. The molecule has 1 atom stereocenters.